The Labute approximate surface area is 242 Å². The average molecular weight is 610 g/mol. The fourth-order valence-electron chi connectivity index (χ4n) is 4.62. The summed E-state index contributed by atoms with van der Waals surface area (Å²) in [6, 6.07) is -2.02. The summed E-state index contributed by atoms with van der Waals surface area (Å²) in [5.41, 5.74) is -5.89. The molecule has 238 valence electrons. The first-order valence-corrected chi connectivity index (χ1v) is 13.2. The molecule has 1 aromatic rings. The van der Waals surface area contributed by atoms with E-state index in [2.05, 4.69) is 10.6 Å². The molecular formula is C29H41F6N3O4. The van der Waals surface area contributed by atoms with Gasteiger partial charge >= 0.3 is 18.3 Å². The van der Waals surface area contributed by atoms with Crippen molar-refractivity contribution in [2.75, 3.05) is 14.1 Å². The number of nitrogens with zero attached hydrogens (tertiary/aromatic N) is 1. The summed E-state index contributed by atoms with van der Waals surface area (Å²) in [7, 11) is 2.79. The van der Waals surface area contributed by atoms with Gasteiger partial charge in [0.25, 0.3) is 0 Å². The Morgan fingerprint density at radius 2 is 1.29 bits per heavy atom. The molecule has 0 aliphatic carbocycles. The summed E-state index contributed by atoms with van der Waals surface area (Å²) in [5.74, 6) is -2.76. The third-order valence-electron chi connectivity index (χ3n) is 7.24. The SMILES string of the molecule is CN[C@@H](C(=O)N[C@H](C(=O)N(C)[C@H](/C=C(\C)C(=O)O)C(C)C)C(C)(C)C)C(C)(C)c1cc(C(F)(F)F)cc(C(F)(F)F)c1. The Morgan fingerprint density at radius 1 is 0.857 bits per heavy atom. The second-order valence-corrected chi connectivity index (χ2v) is 12.4. The molecule has 0 fully saturated rings. The highest BCUT2D eigenvalue weighted by Crippen LogP contribution is 2.40. The topological polar surface area (TPSA) is 98.7 Å². The number of benzene rings is 1. The minimum Gasteiger partial charge on any atom is -0.478 e. The fraction of sp³-hybridized carbons (Fsp3) is 0.621. The second kappa shape index (κ2) is 13.0. The lowest BCUT2D eigenvalue weighted by Gasteiger charge is -2.40. The van der Waals surface area contributed by atoms with Crippen LogP contribution in [0.15, 0.2) is 29.8 Å². The quantitative estimate of drug-likeness (QED) is 0.236. The summed E-state index contributed by atoms with van der Waals surface area (Å²) in [5, 5.41) is 14.6. The van der Waals surface area contributed by atoms with Crippen LogP contribution in [-0.2, 0) is 32.2 Å². The van der Waals surface area contributed by atoms with Crippen LogP contribution in [0.2, 0.25) is 0 Å². The largest absolute Gasteiger partial charge is 0.478 e. The van der Waals surface area contributed by atoms with E-state index in [0.29, 0.717) is 12.1 Å². The highest BCUT2D eigenvalue weighted by molar-refractivity contribution is 5.91. The standard InChI is InChI=1S/C29H41F6N3O4/c1-15(2)20(11-16(3)25(41)42)38(10)24(40)22(26(4,5)6)37-23(39)21(36-9)27(7,8)17-12-18(28(30,31)32)14-19(13-17)29(33,34)35/h11-15,20-22,36H,1-10H3,(H,37,39)(H,41,42)/b16-11+/t20-,21+,22-/m1/s1. The molecule has 3 N–H and O–H groups in total. The van der Waals surface area contributed by atoms with Gasteiger partial charge in [-0.25, -0.2) is 4.79 Å². The predicted octanol–water partition coefficient (Wildman–Crippen LogP) is 5.63. The number of alkyl halides is 6. The predicted molar refractivity (Wildman–Crippen MR) is 146 cm³/mol. The number of carbonyl (C=O) groups is 3. The molecule has 2 amide bonds. The van der Waals surface area contributed by atoms with Crippen molar-refractivity contribution in [2.24, 2.45) is 11.3 Å². The molecule has 1 rings (SSSR count). The molecule has 0 radical (unpaired) electrons. The van der Waals surface area contributed by atoms with Crippen LogP contribution in [-0.4, -0.2) is 60.0 Å². The molecule has 0 spiro atoms. The van der Waals surface area contributed by atoms with Crippen molar-refractivity contribution in [3.63, 3.8) is 0 Å². The number of rotatable bonds is 10. The summed E-state index contributed by atoms with van der Waals surface area (Å²) < 4.78 is 81.2. The maximum absolute atomic E-state index is 13.7. The zero-order chi connectivity index (χ0) is 33.2. The van der Waals surface area contributed by atoms with Gasteiger partial charge < -0.3 is 20.6 Å². The lowest BCUT2D eigenvalue weighted by Crippen LogP contribution is -2.61. The Balaban J connectivity index is 3.58. The molecule has 0 aliphatic rings. The second-order valence-electron chi connectivity index (χ2n) is 12.4. The summed E-state index contributed by atoms with van der Waals surface area (Å²) in [6.45, 7) is 12.6. The highest BCUT2D eigenvalue weighted by Gasteiger charge is 2.44. The van der Waals surface area contributed by atoms with Gasteiger partial charge in [-0.05, 0) is 49.1 Å². The van der Waals surface area contributed by atoms with E-state index in [1.54, 1.807) is 34.6 Å². The van der Waals surface area contributed by atoms with E-state index in [-0.39, 0.29) is 23.1 Å². The number of likely N-dealkylation sites (N-methyl/N-ethyl adjacent to an activating group) is 2. The van der Waals surface area contributed by atoms with Crippen molar-refractivity contribution >= 4 is 17.8 Å². The molecular weight excluding hydrogens is 568 g/mol. The lowest BCUT2D eigenvalue weighted by atomic mass is 9.75. The molecule has 13 heteroatoms. The van der Waals surface area contributed by atoms with Gasteiger partial charge in [-0.15, -0.1) is 0 Å². The van der Waals surface area contributed by atoms with Crippen LogP contribution in [0.5, 0.6) is 0 Å². The van der Waals surface area contributed by atoms with Gasteiger partial charge in [0.05, 0.1) is 23.2 Å². The monoisotopic (exact) mass is 609 g/mol. The van der Waals surface area contributed by atoms with Gasteiger partial charge in [0.2, 0.25) is 11.8 Å². The molecule has 0 aromatic heterocycles. The van der Waals surface area contributed by atoms with E-state index in [0.717, 1.165) is 0 Å². The molecule has 0 saturated heterocycles. The van der Waals surface area contributed by atoms with Crippen LogP contribution in [0.4, 0.5) is 26.3 Å². The Morgan fingerprint density at radius 3 is 1.62 bits per heavy atom. The van der Waals surface area contributed by atoms with Crippen LogP contribution in [0.25, 0.3) is 0 Å². The summed E-state index contributed by atoms with van der Waals surface area (Å²) in [6.07, 6.45) is -8.71. The van der Waals surface area contributed by atoms with Crippen molar-refractivity contribution in [3.8, 4) is 0 Å². The van der Waals surface area contributed by atoms with Gasteiger partial charge in [0.15, 0.2) is 0 Å². The number of nitrogens with one attached hydrogen (secondary N) is 2. The molecule has 0 unspecified atom stereocenters. The average Bonchev–Trinajstić information content (AvgIpc) is 2.82. The first kappa shape index (κ1) is 36.9. The molecule has 0 aliphatic heterocycles. The van der Waals surface area contributed by atoms with E-state index in [9.17, 15) is 45.8 Å². The van der Waals surface area contributed by atoms with E-state index < -0.39 is 70.2 Å². The number of carboxylic acid groups (broad SMARTS) is 1. The van der Waals surface area contributed by atoms with Crippen molar-refractivity contribution in [3.05, 3.63) is 46.5 Å². The van der Waals surface area contributed by atoms with E-state index in [1.165, 1.54) is 45.8 Å². The normalized spacial score (nSPS) is 15.7. The number of hydrogen-bond acceptors (Lipinski definition) is 4. The van der Waals surface area contributed by atoms with E-state index in [1.807, 2.05) is 0 Å². The van der Waals surface area contributed by atoms with Crippen molar-refractivity contribution in [1.29, 1.82) is 0 Å². The summed E-state index contributed by atoms with van der Waals surface area (Å²) >= 11 is 0. The third-order valence-corrected chi connectivity index (χ3v) is 7.24. The summed E-state index contributed by atoms with van der Waals surface area (Å²) in [4.78, 5) is 40.1. The first-order valence-electron chi connectivity index (χ1n) is 13.2. The zero-order valence-electron chi connectivity index (χ0n) is 25.5. The number of hydrogen-bond donors (Lipinski definition) is 3. The maximum Gasteiger partial charge on any atom is 0.416 e. The first-order chi connectivity index (χ1) is 18.8. The third kappa shape index (κ3) is 8.95. The minimum atomic E-state index is -5.07. The number of aliphatic carboxylic acids is 1. The molecule has 0 heterocycles. The van der Waals surface area contributed by atoms with Crippen LogP contribution in [0.1, 0.15) is 72.1 Å². The van der Waals surface area contributed by atoms with Gasteiger partial charge in [-0.2, -0.15) is 26.3 Å². The molecule has 3 atom stereocenters. The maximum atomic E-state index is 13.7. The number of amides is 2. The van der Waals surface area contributed by atoms with Gasteiger partial charge in [-0.3, -0.25) is 9.59 Å². The molecule has 7 nitrogen and oxygen atoms in total. The lowest BCUT2D eigenvalue weighted by molar-refractivity contribution is -0.143. The zero-order valence-corrected chi connectivity index (χ0v) is 25.5. The smallest absolute Gasteiger partial charge is 0.416 e. The Hall–Kier alpha value is -3.09. The Kier molecular flexibility index (Phi) is 11.5. The molecule has 42 heavy (non-hydrogen) atoms. The van der Waals surface area contributed by atoms with Gasteiger partial charge in [0.1, 0.15) is 6.04 Å². The van der Waals surface area contributed by atoms with E-state index >= 15 is 0 Å². The van der Waals surface area contributed by atoms with Crippen molar-refractivity contribution in [1.82, 2.24) is 15.5 Å². The van der Waals surface area contributed by atoms with E-state index in [4.69, 9.17) is 0 Å². The highest BCUT2D eigenvalue weighted by atomic mass is 19.4. The molecule has 0 saturated carbocycles. The molecule has 1 aromatic carbocycles. The van der Waals surface area contributed by atoms with Crippen molar-refractivity contribution < 1.29 is 45.8 Å². The fourth-order valence-corrected chi connectivity index (χ4v) is 4.62. The number of halogens is 6. The van der Waals surface area contributed by atoms with Crippen LogP contribution in [0.3, 0.4) is 0 Å². The number of carboxylic acids is 1. The Bertz CT molecular complexity index is 1150. The van der Waals surface area contributed by atoms with Crippen LogP contribution in [0, 0.1) is 11.3 Å². The van der Waals surface area contributed by atoms with Crippen LogP contribution >= 0.6 is 0 Å². The van der Waals surface area contributed by atoms with Crippen LogP contribution < -0.4 is 10.6 Å². The number of carbonyl (C=O) groups excluding carboxylic acids is 2. The minimum absolute atomic E-state index is 0.0148. The molecule has 0 bridgehead atoms. The van der Waals surface area contributed by atoms with Gasteiger partial charge in [0, 0.05) is 18.0 Å². The van der Waals surface area contributed by atoms with Crippen molar-refractivity contribution in [2.45, 2.75) is 91.3 Å². The van der Waals surface area contributed by atoms with Gasteiger partial charge in [-0.1, -0.05) is 54.5 Å².